The minimum atomic E-state index is 0.648. The first-order chi connectivity index (χ1) is 24.7. The van der Waals surface area contributed by atoms with E-state index in [2.05, 4.69) is 116 Å². The molecule has 0 N–H and O–H groups in total. The topological polar surface area (TPSA) is 38.7 Å². The minimum absolute atomic E-state index is 0.648. The van der Waals surface area contributed by atoms with Crippen LogP contribution >= 0.6 is 0 Å². The largest absolute Gasteiger partial charge is 0.208 e. The SMILES string of the molecule is C=Cc1ccc2c3ccc(-c4cccc(-c5ccc(-c6nc(-c7ccccc7)nc(-c7ccccc7)n6)cc5)c4)cc3c3ccccc3c2c1. The van der Waals surface area contributed by atoms with Crippen molar-refractivity contribution in [3.63, 3.8) is 0 Å². The summed E-state index contributed by atoms with van der Waals surface area (Å²) in [5, 5.41) is 7.55. The normalized spacial score (nSPS) is 11.3. The van der Waals surface area contributed by atoms with Crippen molar-refractivity contribution >= 4 is 38.4 Å². The van der Waals surface area contributed by atoms with Crippen LogP contribution in [0, 0.1) is 0 Å². The highest BCUT2D eigenvalue weighted by Crippen LogP contribution is 2.38. The zero-order valence-electron chi connectivity index (χ0n) is 27.3. The lowest BCUT2D eigenvalue weighted by molar-refractivity contribution is 1.07. The number of nitrogens with zero attached hydrogens (tertiary/aromatic N) is 3. The van der Waals surface area contributed by atoms with Crippen LogP contribution in [0.15, 0.2) is 176 Å². The van der Waals surface area contributed by atoms with Crippen LogP contribution in [0.5, 0.6) is 0 Å². The molecule has 0 saturated carbocycles. The first-order valence-electron chi connectivity index (χ1n) is 16.8. The van der Waals surface area contributed by atoms with E-state index in [4.69, 9.17) is 15.0 Å². The lowest BCUT2D eigenvalue weighted by Gasteiger charge is -2.13. The Labute approximate surface area is 290 Å². The molecule has 0 saturated heterocycles. The number of hydrogen-bond donors (Lipinski definition) is 0. The van der Waals surface area contributed by atoms with Crippen molar-refractivity contribution in [3.05, 3.63) is 182 Å². The molecular formula is C47H31N3. The number of hydrogen-bond acceptors (Lipinski definition) is 3. The van der Waals surface area contributed by atoms with Crippen molar-refractivity contribution in [1.82, 2.24) is 15.0 Å². The van der Waals surface area contributed by atoms with Crippen LogP contribution in [0.4, 0.5) is 0 Å². The highest BCUT2D eigenvalue weighted by Gasteiger charge is 2.14. The Morgan fingerprint density at radius 3 is 1.28 bits per heavy atom. The third kappa shape index (κ3) is 5.32. The molecule has 0 fully saturated rings. The summed E-state index contributed by atoms with van der Waals surface area (Å²) in [6.07, 6.45) is 1.92. The first kappa shape index (κ1) is 29.4. The second-order valence-electron chi connectivity index (χ2n) is 12.5. The Morgan fingerprint density at radius 1 is 0.300 bits per heavy atom. The molecule has 8 aromatic carbocycles. The molecule has 1 heterocycles. The average molecular weight is 638 g/mol. The van der Waals surface area contributed by atoms with Gasteiger partial charge in [-0.2, -0.15) is 0 Å². The van der Waals surface area contributed by atoms with Crippen LogP contribution in [0.2, 0.25) is 0 Å². The maximum absolute atomic E-state index is 4.90. The van der Waals surface area contributed by atoms with Gasteiger partial charge >= 0.3 is 0 Å². The monoisotopic (exact) mass is 637 g/mol. The zero-order valence-corrected chi connectivity index (χ0v) is 27.3. The van der Waals surface area contributed by atoms with Gasteiger partial charge in [-0.3, -0.25) is 0 Å². The van der Waals surface area contributed by atoms with E-state index in [1.165, 1.54) is 43.4 Å². The van der Waals surface area contributed by atoms with Crippen molar-refractivity contribution in [1.29, 1.82) is 0 Å². The van der Waals surface area contributed by atoms with Crippen molar-refractivity contribution < 1.29 is 0 Å². The van der Waals surface area contributed by atoms with Gasteiger partial charge in [0.05, 0.1) is 0 Å². The highest BCUT2D eigenvalue weighted by atomic mass is 15.0. The molecule has 0 spiro atoms. The second-order valence-corrected chi connectivity index (χ2v) is 12.5. The van der Waals surface area contributed by atoms with E-state index in [0.29, 0.717) is 17.5 Å². The number of rotatable bonds is 6. The number of aromatic nitrogens is 3. The van der Waals surface area contributed by atoms with Gasteiger partial charge in [-0.1, -0.05) is 164 Å². The van der Waals surface area contributed by atoms with Gasteiger partial charge in [0.1, 0.15) is 0 Å². The molecule has 0 unspecified atom stereocenters. The van der Waals surface area contributed by atoms with Gasteiger partial charge in [-0.15, -0.1) is 0 Å². The fourth-order valence-corrected chi connectivity index (χ4v) is 6.91. The van der Waals surface area contributed by atoms with Crippen LogP contribution in [0.1, 0.15) is 5.56 Å². The maximum Gasteiger partial charge on any atom is 0.164 e. The molecule has 0 atom stereocenters. The highest BCUT2D eigenvalue weighted by molar-refractivity contribution is 6.26. The van der Waals surface area contributed by atoms with Crippen LogP contribution in [0.25, 0.3) is 94.8 Å². The van der Waals surface area contributed by atoms with Crippen LogP contribution < -0.4 is 0 Å². The van der Waals surface area contributed by atoms with Gasteiger partial charge in [0.2, 0.25) is 0 Å². The molecule has 0 aliphatic carbocycles. The Balaban J connectivity index is 1.09. The van der Waals surface area contributed by atoms with E-state index >= 15 is 0 Å². The van der Waals surface area contributed by atoms with Crippen molar-refractivity contribution in [2.75, 3.05) is 0 Å². The molecule has 0 radical (unpaired) electrons. The van der Waals surface area contributed by atoms with E-state index in [1.54, 1.807) is 0 Å². The van der Waals surface area contributed by atoms with Gasteiger partial charge < -0.3 is 0 Å². The number of fused-ring (bicyclic) bond motifs is 6. The van der Waals surface area contributed by atoms with Crippen molar-refractivity contribution in [2.24, 2.45) is 0 Å². The van der Waals surface area contributed by atoms with Crippen LogP contribution in [-0.2, 0) is 0 Å². The first-order valence-corrected chi connectivity index (χ1v) is 16.8. The van der Waals surface area contributed by atoms with E-state index < -0.39 is 0 Å². The second kappa shape index (κ2) is 12.4. The summed E-state index contributed by atoms with van der Waals surface area (Å²) < 4.78 is 0. The predicted octanol–water partition coefficient (Wildman–Crippen LogP) is 12.3. The van der Waals surface area contributed by atoms with Crippen LogP contribution in [-0.4, -0.2) is 15.0 Å². The summed E-state index contributed by atoms with van der Waals surface area (Å²) >= 11 is 0. The summed E-state index contributed by atoms with van der Waals surface area (Å²) in [6.45, 7) is 3.99. The third-order valence-electron chi connectivity index (χ3n) is 9.47. The summed E-state index contributed by atoms with van der Waals surface area (Å²) in [6, 6.07) is 59.6. The molecule has 3 heteroatoms. The van der Waals surface area contributed by atoms with E-state index in [1.807, 2.05) is 66.7 Å². The lowest BCUT2D eigenvalue weighted by Crippen LogP contribution is -2.00. The fraction of sp³-hybridized carbons (Fsp3) is 0. The Bertz CT molecular complexity index is 2620. The Morgan fingerprint density at radius 2 is 0.700 bits per heavy atom. The summed E-state index contributed by atoms with van der Waals surface area (Å²) in [5.41, 5.74) is 8.64. The lowest BCUT2D eigenvalue weighted by atomic mass is 9.91. The van der Waals surface area contributed by atoms with E-state index in [-0.39, 0.29) is 0 Å². The van der Waals surface area contributed by atoms with Gasteiger partial charge in [0.25, 0.3) is 0 Å². The van der Waals surface area contributed by atoms with Gasteiger partial charge in [0, 0.05) is 16.7 Å². The Kier molecular flexibility index (Phi) is 7.29. The molecule has 9 rings (SSSR count). The van der Waals surface area contributed by atoms with E-state index in [0.717, 1.165) is 33.4 Å². The zero-order chi connectivity index (χ0) is 33.4. The van der Waals surface area contributed by atoms with Gasteiger partial charge in [0.15, 0.2) is 17.5 Å². The minimum Gasteiger partial charge on any atom is -0.208 e. The molecule has 9 aromatic rings. The fourth-order valence-electron chi connectivity index (χ4n) is 6.91. The molecule has 0 aliphatic rings. The molecule has 0 amide bonds. The predicted molar refractivity (Wildman–Crippen MR) is 210 cm³/mol. The van der Waals surface area contributed by atoms with Crippen molar-refractivity contribution in [2.45, 2.75) is 0 Å². The molecule has 0 aliphatic heterocycles. The smallest absolute Gasteiger partial charge is 0.164 e. The summed E-state index contributed by atoms with van der Waals surface area (Å²) in [5.74, 6) is 1.96. The van der Waals surface area contributed by atoms with E-state index in [9.17, 15) is 0 Å². The molecule has 50 heavy (non-hydrogen) atoms. The van der Waals surface area contributed by atoms with Gasteiger partial charge in [-0.05, 0) is 78.3 Å². The molecule has 234 valence electrons. The quantitative estimate of drug-likeness (QED) is 0.170. The summed E-state index contributed by atoms with van der Waals surface area (Å²) in [7, 11) is 0. The third-order valence-corrected chi connectivity index (χ3v) is 9.47. The standard InChI is InChI=1S/C47H31N3/c1-2-31-20-26-41-42-27-25-38(30-44(42)40-19-10-9-18-39(40)43(41)28-31)37-17-11-16-36(29-37)32-21-23-35(24-22-32)47-49-45(33-12-5-3-6-13-33)48-46(50-47)34-14-7-4-8-15-34/h2-30H,1H2. The molecule has 1 aromatic heterocycles. The van der Waals surface area contributed by atoms with Crippen LogP contribution in [0.3, 0.4) is 0 Å². The molecule has 0 bridgehead atoms. The van der Waals surface area contributed by atoms with Crippen molar-refractivity contribution in [3.8, 4) is 56.4 Å². The molecular weight excluding hydrogens is 607 g/mol. The van der Waals surface area contributed by atoms with Gasteiger partial charge in [-0.25, -0.2) is 15.0 Å². The summed E-state index contributed by atoms with van der Waals surface area (Å²) in [4.78, 5) is 14.6. The average Bonchev–Trinajstić information content (AvgIpc) is 3.21. The molecule has 3 nitrogen and oxygen atoms in total. The number of benzene rings is 8. The maximum atomic E-state index is 4.90. The Hall–Kier alpha value is -6.71.